The number of aromatic nitrogens is 3. The second kappa shape index (κ2) is 5.06. The van der Waals surface area contributed by atoms with Crippen molar-refractivity contribution in [3.63, 3.8) is 0 Å². The van der Waals surface area contributed by atoms with Crippen molar-refractivity contribution in [3.05, 3.63) is 12.3 Å². The van der Waals surface area contributed by atoms with Crippen LogP contribution in [-0.4, -0.2) is 62.4 Å². The van der Waals surface area contributed by atoms with Crippen molar-refractivity contribution in [2.75, 3.05) is 37.6 Å². The molecule has 2 aromatic heterocycles. The molecule has 3 heterocycles. The third-order valence-electron chi connectivity index (χ3n) is 3.21. The summed E-state index contributed by atoms with van der Waals surface area (Å²) in [5.74, 6) is -0.775. The molecule has 2 aromatic rings. The predicted octanol–water partition coefficient (Wildman–Crippen LogP) is 0.293. The fraction of sp³-hybridized carbons (Fsp3) is 0.455. The van der Waals surface area contributed by atoms with Crippen LogP contribution in [0.4, 0.5) is 5.69 Å². The summed E-state index contributed by atoms with van der Waals surface area (Å²) in [4.78, 5) is 19.0. The minimum Gasteiger partial charge on any atom is -0.480 e. The first-order valence-corrected chi connectivity index (χ1v) is 6.73. The van der Waals surface area contributed by atoms with Crippen molar-refractivity contribution in [2.24, 2.45) is 0 Å². The van der Waals surface area contributed by atoms with E-state index in [0.29, 0.717) is 5.65 Å². The van der Waals surface area contributed by atoms with Gasteiger partial charge in [-0.25, -0.2) is 4.98 Å². The van der Waals surface area contributed by atoms with Crippen molar-refractivity contribution >= 4 is 34.5 Å². The molecule has 1 fully saturated rings. The summed E-state index contributed by atoms with van der Waals surface area (Å²) in [5, 5.41) is 8.78. The monoisotopic (exact) mass is 279 g/mol. The second-order valence-electron chi connectivity index (χ2n) is 4.42. The molecule has 0 aliphatic carbocycles. The van der Waals surface area contributed by atoms with E-state index < -0.39 is 5.97 Å². The molecule has 0 aromatic carbocycles. The topological polar surface area (TPSA) is 82.5 Å². The van der Waals surface area contributed by atoms with Crippen LogP contribution in [0.1, 0.15) is 0 Å². The van der Waals surface area contributed by atoms with E-state index in [-0.39, 0.29) is 6.54 Å². The van der Waals surface area contributed by atoms with Crippen LogP contribution in [0, 0.1) is 0 Å². The highest BCUT2D eigenvalue weighted by Gasteiger charge is 2.21. The normalized spacial score (nSPS) is 16.9. The lowest BCUT2D eigenvalue weighted by Crippen LogP contribution is -2.48. The number of fused-ring (bicyclic) bond motifs is 1. The number of aliphatic carboxylic acids is 1. The Morgan fingerprint density at radius 2 is 2.11 bits per heavy atom. The summed E-state index contributed by atoms with van der Waals surface area (Å²) in [6.45, 7) is 3.19. The number of carboxylic acid groups (broad SMARTS) is 1. The maximum Gasteiger partial charge on any atom is 0.317 e. The SMILES string of the molecule is O=C(O)CN1CCN(c2ccnc3nsnc23)CC1. The van der Waals surface area contributed by atoms with E-state index in [2.05, 4.69) is 18.6 Å². The quantitative estimate of drug-likeness (QED) is 0.864. The third kappa shape index (κ3) is 2.49. The molecule has 0 spiro atoms. The summed E-state index contributed by atoms with van der Waals surface area (Å²) >= 11 is 1.16. The van der Waals surface area contributed by atoms with E-state index in [1.165, 1.54) is 0 Å². The standard InChI is InChI=1S/C11H13N5O2S/c17-9(18)7-15-3-5-16(6-4-15)8-1-2-12-11-10(8)13-19-14-11/h1-2H,3-7H2,(H,17,18). The van der Waals surface area contributed by atoms with Crippen LogP contribution in [-0.2, 0) is 4.79 Å². The zero-order valence-corrected chi connectivity index (χ0v) is 11.0. The Morgan fingerprint density at radius 3 is 2.84 bits per heavy atom. The molecule has 1 saturated heterocycles. The number of carboxylic acids is 1. The molecule has 1 aliphatic heterocycles. The number of nitrogens with zero attached hydrogens (tertiary/aromatic N) is 5. The van der Waals surface area contributed by atoms with Crippen molar-refractivity contribution < 1.29 is 9.90 Å². The summed E-state index contributed by atoms with van der Waals surface area (Å²) in [6.07, 6.45) is 1.74. The molecule has 19 heavy (non-hydrogen) atoms. The van der Waals surface area contributed by atoms with Crippen LogP contribution in [0.2, 0.25) is 0 Å². The van der Waals surface area contributed by atoms with E-state index in [0.717, 1.165) is 49.1 Å². The molecular weight excluding hydrogens is 266 g/mol. The van der Waals surface area contributed by atoms with Crippen LogP contribution in [0.3, 0.4) is 0 Å². The maximum atomic E-state index is 10.7. The van der Waals surface area contributed by atoms with Crippen LogP contribution >= 0.6 is 11.7 Å². The van der Waals surface area contributed by atoms with Crippen LogP contribution in [0.5, 0.6) is 0 Å². The summed E-state index contributed by atoms with van der Waals surface area (Å²) in [6, 6.07) is 1.94. The van der Waals surface area contributed by atoms with E-state index in [1.807, 2.05) is 11.0 Å². The smallest absolute Gasteiger partial charge is 0.317 e. The van der Waals surface area contributed by atoms with Gasteiger partial charge < -0.3 is 10.0 Å². The zero-order chi connectivity index (χ0) is 13.2. The highest BCUT2D eigenvalue weighted by atomic mass is 32.1. The van der Waals surface area contributed by atoms with Gasteiger partial charge in [-0.2, -0.15) is 8.75 Å². The molecule has 0 bridgehead atoms. The third-order valence-corrected chi connectivity index (χ3v) is 3.73. The molecule has 0 amide bonds. The molecule has 3 rings (SSSR count). The van der Waals surface area contributed by atoms with Crippen molar-refractivity contribution in [1.29, 1.82) is 0 Å². The molecule has 0 atom stereocenters. The highest BCUT2D eigenvalue weighted by Crippen LogP contribution is 2.24. The first kappa shape index (κ1) is 12.2. The molecule has 7 nitrogen and oxygen atoms in total. The minimum absolute atomic E-state index is 0.109. The van der Waals surface area contributed by atoms with Gasteiger partial charge in [0.15, 0.2) is 5.65 Å². The van der Waals surface area contributed by atoms with E-state index in [9.17, 15) is 4.79 Å². The fourth-order valence-electron chi connectivity index (χ4n) is 2.28. The van der Waals surface area contributed by atoms with E-state index >= 15 is 0 Å². The van der Waals surface area contributed by atoms with Gasteiger partial charge in [0.25, 0.3) is 0 Å². The number of rotatable bonds is 3. The Kier molecular flexibility index (Phi) is 3.26. The molecule has 1 aliphatic rings. The van der Waals surface area contributed by atoms with Gasteiger partial charge in [-0.3, -0.25) is 9.69 Å². The summed E-state index contributed by atoms with van der Waals surface area (Å²) in [5.41, 5.74) is 2.54. The van der Waals surface area contributed by atoms with E-state index in [1.54, 1.807) is 6.20 Å². The average Bonchev–Trinajstić information content (AvgIpc) is 2.87. The van der Waals surface area contributed by atoms with Gasteiger partial charge in [-0.05, 0) is 6.07 Å². The lowest BCUT2D eigenvalue weighted by molar-refractivity contribution is -0.138. The number of carbonyl (C=O) groups is 1. The van der Waals surface area contributed by atoms with Crippen molar-refractivity contribution in [2.45, 2.75) is 0 Å². The van der Waals surface area contributed by atoms with Gasteiger partial charge in [-0.15, -0.1) is 0 Å². The lowest BCUT2D eigenvalue weighted by Gasteiger charge is -2.35. The Hall–Kier alpha value is -1.80. The number of anilines is 1. The van der Waals surface area contributed by atoms with Gasteiger partial charge in [0.1, 0.15) is 5.52 Å². The van der Waals surface area contributed by atoms with Crippen LogP contribution in [0.15, 0.2) is 12.3 Å². The lowest BCUT2D eigenvalue weighted by atomic mass is 10.2. The van der Waals surface area contributed by atoms with E-state index in [4.69, 9.17) is 5.11 Å². The molecule has 0 unspecified atom stereocenters. The molecule has 1 N–H and O–H groups in total. The van der Waals surface area contributed by atoms with Gasteiger partial charge in [0.2, 0.25) is 0 Å². The van der Waals surface area contributed by atoms with Gasteiger partial charge in [-0.1, -0.05) is 0 Å². The molecule has 100 valence electrons. The average molecular weight is 279 g/mol. The minimum atomic E-state index is -0.775. The Labute approximate surface area is 113 Å². The van der Waals surface area contributed by atoms with Gasteiger partial charge in [0, 0.05) is 32.4 Å². The van der Waals surface area contributed by atoms with Crippen molar-refractivity contribution in [1.82, 2.24) is 18.6 Å². The predicted molar refractivity (Wildman–Crippen MR) is 71.5 cm³/mol. The molecule has 0 saturated carbocycles. The highest BCUT2D eigenvalue weighted by molar-refractivity contribution is 7.00. The largest absolute Gasteiger partial charge is 0.480 e. The number of pyridine rings is 1. The number of piperazine rings is 1. The molecular formula is C11H13N5O2S. The summed E-state index contributed by atoms with van der Waals surface area (Å²) < 4.78 is 8.41. The Morgan fingerprint density at radius 1 is 1.32 bits per heavy atom. The first-order chi connectivity index (χ1) is 9.24. The molecule has 8 heteroatoms. The summed E-state index contributed by atoms with van der Waals surface area (Å²) in [7, 11) is 0. The van der Waals surface area contributed by atoms with Gasteiger partial charge in [0.05, 0.1) is 24.0 Å². The molecule has 0 radical (unpaired) electrons. The Balaban J connectivity index is 1.75. The van der Waals surface area contributed by atoms with Gasteiger partial charge >= 0.3 is 5.97 Å². The second-order valence-corrected chi connectivity index (χ2v) is 4.95. The first-order valence-electron chi connectivity index (χ1n) is 6.00. The number of hydrogen-bond acceptors (Lipinski definition) is 7. The van der Waals surface area contributed by atoms with Crippen LogP contribution < -0.4 is 4.90 Å². The fourth-order valence-corrected chi connectivity index (χ4v) is 2.79. The zero-order valence-electron chi connectivity index (χ0n) is 10.2. The van der Waals surface area contributed by atoms with Crippen LogP contribution in [0.25, 0.3) is 11.2 Å². The Bertz CT molecular complexity index is 594. The maximum absolute atomic E-state index is 10.7. The van der Waals surface area contributed by atoms with Crippen molar-refractivity contribution in [3.8, 4) is 0 Å². The number of hydrogen-bond donors (Lipinski definition) is 1.